The molecule has 3 aromatic heterocycles. The molecule has 162 valence electrons. The molecule has 2 N–H and O–H groups in total. The van der Waals surface area contributed by atoms with Gasteiger partial charge in [-0.1, -0.05) is 12.1 Å². The van der Waals surface area contributed by atoms with Gasteiger partial charge in [-0.3, -0.25) is 14.5 Å². The van der Waals surface area contributed by atoms with Crippen molar-refractivity contribution < 1.29 is 13.2 Å². The molecule has 9 nitrogen and oxygen atoms in total. The normalized spacial score (nSPS) is 13.8. The number of aromatic nitrogens is 3. The summed E-state index contributed by atoms with van der Waals surface area (Å²) in [4.78, 5) is 22.4. The number of sulfonamides is 1. The fourth-order valence-electron chi connectivity index (χ4n) is 3.44. The highest BCUT2D eigenvalue weighted by molar-refractivity contribution is 7.90. The van der Waals surface area contributed by atoms with Crippen LogP contribution in [0.2, 0.25) is 0 Å². The zero-order chi connectivity index (χ0) is 22.1. The molecule has 0 atom stereocenters. The third-order valence-corrected chi connectivity index (χ3v) is 7.22. The number of carbonyl (C=O) groups excluding carboxylic acids is 1. The highest BCUT2D eigenvalue weighted by atomic mass is 32.2. The molecule has 0 aliphatic carbocycles. The van der Waals surface area contributed by atoms with E-state index in [-0.39, 0.29) is 10.5 Å². The minimum absolute atomic E-state index is 0.0443. The Morgan fingerprint density at radius 3 is 2.84 bits per heavy atom. The Labute approximate surface area is 187 Å². The van der Waals surface area contributed by atoms with Gasteiger partial charge in [-0.05, 0) is 42.1 Å². The minimum Gasteiger partial charge on any atom is -0.322 e. The second-order valence-corrected chi connectivity index (χ2v) is 9.75. The van der Waals surface area contributed by atoms with Crippen molar-refractivity contribution in [2.24, 2.45) is 4.99 Å². The summed E-state index contributed by atoms with van der Waals surface area (Å²) in [6, 6.07) is 11.8. The summed E-state index contributed by atoms with van der Waals surface area (Å²) >= 11 is 1.57. The summed E-state index contributed by atoms with van der Waals surface area (Å²) in [6.07, 6.45) is 4.52. The van der Waals surface area contributed by atoms with Crippen molar-refractivity contribution in [3.63, 3.8) is 0 Å². The van der Waals surface area contributed by atoms with Gasteiger partial charge in [0.25, 0.3) is 15.9 Å². The van der Waals surface area contributed by atoms with Crippen molar-refractivity contribution in [1.82, 2.24) is 19.3 Å². The minimum atomic E-state index is -3.78. The number of aliphatic imine (C=N–C) groups is 1. The fourth-order valence-corrected chi connectivity index (χ4v) is 5.31. The number of fused-ring (bicyclic) bond motifs is 1. The van der Waals surface area contributed by atoms with Crippen LogP contribution in [-0.2, 0) is 10.0 Å². The number of rotatable bonds is 5. The van der Waals surface area contributed by atoms with Gasteiger partial charge in [-0.25, -0.2) is 17.9 Å². The Kier molecular flexibility index (Phi) is 5.19. The Bertz CT molecular complexity index is 1440. The zero-order valence-corrected chi connectivity index (χ0v) is 18.4. The number of nitrogens with zero attached hydrogens (tertiary/aromatic N) is 4. The van der Waals surface area contributed by atoms with Crippen LogP contribution >= 0.6 is 11.3 Å². The molecule has 32 heavy (non-hydrogen) atoms. The van der Waals surface area contributed by atoms with Crippen LogP contribution in [0.3, 0.4) is 0 Å². The molecule has 4 aromatic rings. The Hall–Kier alpha value is -3.57. The van der Waals surface area contributed by atoms with Gasteiger partial charge in [-0.2, -0.15) is 5.10 Å². The molecule has 0 bridgehead atoms. The molecule has 1 aliphatic rings. The van der Waals surface area contributed by atoms with Gasteiger partial charge in [0, 0.05) is 24.8 Å². The molecule has 11 heteroatoms. The van der Waals surface area contributed by atoms with Gasteiger partial charge in [0.05, 0.1) is 21.7 Å². The second kappa shape index (κ2) is 8.17. The van der Waals surface area contributed by atoms with Gasteiger partial charge in [0.15, 0.2) is 5.65 Å². The maximum Gasteiger partial charge on any atom is 0.262 e. The predicted molar refractivity (Wildman–Crippen MR) is 123 cm³/mol. The lowest BCUT2D eigenvalue weighted by molar-refractivity contribution is 0.102. The predicted octanol–water partition coefficient (Wildman–Crippen LogP) is 3.18. The van der Waals surface area contributed by atoms with Crippen molar-refractivity contribution in [3.05, 3.63) is 65.8 Å². The monoisotopic (exact) mass is 466 g/mol. The van der Waals surface area contributed by atoms with E-state index in [2.05, 4.69) is 25.1 Å². The van der Waals surface area contributed by atoms with Crippen LogP contribution in [0.4, 0.5) is 5.69 Å². The van der Waals surface area contributed by atoms with Crippen LogP contribution in [0.1, 0.15) is 23.2 Å². The maximum atomic E-state index is 12.9. The van der Waals surface area contributed by atoms with E-state index < -0.39 is 15.9 Å². The highest BCUT2D eigenvalue weighted by Gasteiger charge is 2.20. The number of carbonyl (C=O) groups is 1. The Morgan fingerprint density at radius 2 is 2.06 bits per heavy atom. The van der Waals surface area contributed by atoms with E-state index >= 15 is 0 Å². The summed E-state index contributed by atoms with van der Waals surface area (Å²) in [5.41, 5.74) is 1.88. The van der Waals surface area contributed by atoms with Crippen LogP contribution < -0.4 is 10.0 Å². The van der Waals surface area contributed by atoms with Crippen LogP contribution in [0.5, 0.6) is 0 Å². The first-order valence-corrected chi connectivity index (χ1v) is 12.2. The standard InChI is InChI=1S/C21H18N6O3S2/c28-21(16-13-24-27-17(8-10-23-20(16)27)18-6-3-11-31-18)25-14-4-1-5-15(12-14)32(29,30)26-19-7-2-9-22-19/h1,3-6,8,10-13H,2,7,9H2,(H,22,26)(H,25,28). The molecule has 0 radical (unpaired) electrons. The average molecular weight is 467 g/mol. The van der Waals surface area contributed by atoms with E-state index in [1.165, 1.54) is 18.3 Å². The molecule has 1 amide bonds. The number of hydrogen-bond donors (Lipinski definition) is 2. The lowest BCUT2D eigenvalue weighted by Gasteiger charge is -2.10. The molecule has 1 aliphatic heterocycles. The molecule has 0 unspecified atom stereocenters. The smallest absolute Gasteiger partial charge is 0.262 e. The summed E-state index contributed by atoms with van der Waals surface area (Å²) in [7, 11) is -3.78. The summed E-state index contributed by atoms with van der Waals surface area (Å²) in [5.74, 6) is 0.0249. The van der Waals surface area contributed by atoms with E-state index in [1.54, 1.807) is 34.2 Å². The van der Waals surface area contributed by atoms with Gasteiger partial charge in [-0.15, -0.1) is 11.3 Å². The van der Waals surface area contributed by atoms with Crippen molar-refractivity contribution >= 4 is 44.4 Å². The Morgan fingerprint density at radius 1 is 1.16 bits per heavy atom. The van der Waals surface area contributed by atoms with Gasteiger partial charge in [0.1, 0.15) is 11.4 Å². The lowest BCUT2D eigenvalue weighted by Crippen LogP contribution is -2.29. The van der Waals surface area contributed by atoms with Crippen LogP contribution in [0.25, 0.3) is 16.2 Å². The van der Waals surface area contributed by atoms with E-state index in [1.807, 2.05) is 23.6 Å². The zero-order valence-electron chi connectivity index (χ0n) is 16.7. The molecule has 5 rings (SSSR count). The molecular formula is C21H18N6O3S2. The number of anilines is 1. The van der Waals surface area contributed by atoms with Crippen LogP contribution in [0, 0.1) is 0 Å². The molecule has 0 saturated heterocycles. The average Bonchev–Trinajstić information content (AvgIpc) is 3.55. The van der Waals surface area contributed by atoms with Crippen molar-refractivity contribution in [2.45, 2.75) is 17.7 Å². The first-order valence-electron chi connectivity index (χ1n) is 9.85. The van der Waals surface area contributed by atoms with Crippen LogP contribution in [0.15, 0.2) is 70.1 Å². The number of amidine groups is 1. The Balaban J connectivity index is 1.41. The fraction of sp³-hybridized carbons (Fsp3) is 0.143. The van der Waals surface area contributed by atoms with E-state index in [4.69, 9.17) is 0 Å². The summed E-state index contributed by atoms with van der Waals surface area (Å²) in [5, 5.41) is 9.04. The molecule has 0 spiro atoms. The van der Waals surface area contributed by atoms with E-state index in [9.17, 15) is 13.2 Å². The number of thiophene rings is 1. The number of amides is 1. The second-order valence-electron chi connectivity index (χ2n) is 7.12. The van der Waals surface area contributed by atoms with Gasteiger partial charge < -0.3 is 5.32 Å². The van der Waals surface area contributed by atoms with Gasteiger partial charge in [0.2, 0.25) is 0 Å². The largest absolute Gasteiger partial charge is 0.322 e. The van der Waals surface area contributed by atoms with Gasteiger partial charge >= 0.3 is 0 Å². The number of hydrogen-bond acceptors (Lipinski definition) is 7. The topological polar surface area (TPSA) is 118 Å². The molecule has 1 aromatic carbocycles. The van der Waals surface area contributed by atoms with Crippen molar-refractivity contribution in [2.75, 3.05) is 11.9 Å². The molecule has 0 fully saturated rings. The first kappa shape index (κ1) is 20.3. The van der Waals surface area contributed by atoms with Crippen molar-refractivity contribution in [3.8, 4) is 10.6 Å². The summed E-state index contributed by atoms with van der Waals surface area (Å²) < 4.78 is 29.4. The van der Waals surface area contributed by atoms with Crippen molar-refractivity contribution in [1.29, 1.82) is 0 Å². The molecule has 4 heterocycles. The quantitative estimate of drug-likeness (QED) is 0.468. The SMILES string of the molecule is O=C(Nc1cccc(S(=O)(=O)NC2=NCCC2)c1)c1cnn2c(-c3cccs3)ccnc12. The summed E-state index contributed by atoms with van der Waals surface area (Å²) in [6.45, 7) is 0.621. The first-order chi connectivity index (χ1) is 15.5. The highest BCUT2D eigenvalue weighted by Crippen LogP contribution is 2.25. The number of nitrogens with one attached hydrogen (secondary N) is 2. The third kappa shape index (κ3) is 3.87. The van der Waals surface area contributed by atoms with E-state index in [0.29, 0.717) is 30.1 Å². The maximum absolute atomic E-state index is 12.9. The third-order valence-electron chi connectivity index (χ3n) is 4.95. The number of benzene rings is 1. The lowest BCUT2D eigenvalue weighted by atomic mass is 10.2. The molecular weight excluding hydrogens is 448 g/mol. The van der Waals surface area contributed by atoms with Crippen LogP contribution in [-0.4, -0.2) is 41.3 Å². The molecule has 0 saturated carbocycles. The van der Waals surface area contributed by atoms with E-state index in [0.717, 1.165) is 17.0 Å².